The molecule has 0 aromatic heterocycles. The summed E-state index contributed by atoms with van der Waals surface area (Å²) in [6.45, 7) is 5.64. The first-order chi connectivity index (χ1) is 12.7. The number of benzene rings is 2. The summed E-state index contributed by atoms with van der Waals surface area (Å²) in [6, 6.07) is 11.8. The van der Waals surface area contributed by atoms with Crippen molar-refractivity contribution in [3.8, 4) is 5.75 Å². The van der Waals surface area contributed by atoms with Crippen LogP contribution in [0.3, 0.4) is 0 Å². The van der Waals surface area contributed by atoms with Crippen LogP contribution in [0.25, 0.3) is 0 Å². The van der Waals surface area contributed by atoms with Gasteiger partial charge >= 0.3 is 0 Å². The molecule has 0 bridgehead atoms. The van der Waals surface area contributed by atoms with Crippen molar-refractivity contribution < 1.29 is 17.9 Å². The van der Waals surface area contributed by atoms with E-state index >= 15 is 0 Å². The molecule has 2 rings (SSSR count). The van der Waals surface area contributed by atoms with Crippen LogP contribution in [0.2, 0.25) is 0 Å². The second-order valence-corrected chi connectivity index (χ2v) is 8.44. The predicted octanol–water partition coefficient (Wildman–Crippen LogP) is 2.96. The van der Waals surface area contributed by atoms with E-state index in [0.717, 1.165) is 11.1 Å². The fraction of sp³-hybridized carbons (Fsp3) is 0.350. The van der Waals surface area contributed by atoms with E-state index in [0.29, 0.717) is 17.9 Å². The number of hydrogen-bond acceptors (Lipinski definition) is 4. The minimum absolute atomic E-state index is 0.0795. The lowest BCUT2D eigenvalue weighted by atomic mass is 10.1. The fourth-order valence-electron chi connectivity index (χ4n) is 2.74. The molecule has 146 valence electrons. The van der Waals surface area contributed by atoms with Gasteiger partial charge in [-0.1, -0.05) is 24.3 Å². The normalized spacial score (nSPS) is 11.5. The molecule has 0 saturated carbocycles. The highest BCUT2D eigenvalue weighted by Gasteiger charge is 2.21. The number of hydrogen-bond donors (Lipinski definition) is 1. The van der Waals surface area contributed by atoms with Gasteiger partial charge in [-0.25, -0.2) is 13.1 Å². The van der Waals surface area contributed by atoms with Crippen LogP contribution in [-0.4, -0.2) is 39.4 Å². The average Bonchev–Trinajstić information content (AvgIpc) is 2.60. The number of sulfonamides is 1. The quantitative estimate of drug-likeness (QED) is 0.789. The van der Waals surface area contributed by atoms with E-state index in [9.17, 15) is 13.2 Å². The zero-order valence-corrected chi connectivity index (χ0v) is 17.1. The smallest absolute Gasteiger partial charge is 0.254 e. The van der Waals surface area contributed by atoms with Crippen molar-refractivity contribution in [2.45, 2.75) is 38.3 Å². The van der Waals surface area contributed by atoms with Gasteiger partial charge in [0.15, 0.2) is 0 Å². The molecule has 27 heavy (non-hydrogen) atoms. The Morgan fingerprint density at radius 1 is 1.19 bits per heavy atom. The van der Waals surface area contributed by atoms with Crippen LogP contribution in [0.4, 0.5) is 0 Å². The molecule has 0 aliphatic heterocycles. The molecule has 0 aliphatic rings. The van der Waals surface area contributed by atoms with Crippen LogP contribution >= 0.6 is 0 Å². The molecule has 0 atom stereocenters. The van der Waals surface area contributed by atoms with Crippen molar-refractivity contribution in [1.29, 1.82) is 0 Å². The van der Waals surface area contributed by atoms with Crippen LogP contribution in [0, 0.1) is 6.92 Å². The maximum atomic E-state index is 12.9. The Balaban J connectivity index is 2.31. The number of amides is 1. The lowest BCUT2D eigenvalue weighted by molar-refractivity contribution is 0.0783. The number of carbonyl (C=O) groups excluding carboxylic acids is 1. The summed E-state index contributed by atoms with van der Waals surface area (Å²) in [5, 5.41) is 0. The van der Waals surface area contributed by atoms with Crippen molar-refractivity contribution in [1.82, 2.24) is 9.62 Å². The second-order valence-electron chi connectivity index (χ2n) is 6.73. The number of para-hydroxylation sites is 1. The summed E-state index contributed by atoms with van der Waals surface area (Å²) in [7, 11) is -0.402. The fourth-order valence-corrected chi connectivity index (χ4v) is 4.02. The number of carbonyl (C=O) groups is 1. The van der Waals surface area contributed by atoms with Gasteiger partial charge in [0.1, 0.15) is 5.75 Å². The number of nitrogens with zero attached hydrogens (tertiary/aromatic N) is 1. The van der Waals surface area contributed by atoms with Crippen molar-refractivity contribution in [2.75, 3.05) is 14.2 Å². The van der Waals surface area contributed by atoms with E-state index in [-0.39, 0.29) is 16.8 Å². The number of aryl methyl sites for hydroxylation is 1. The molecule has 0 spiro atoms. The zero-order chi connectivity index (χ0) is 20.2. The zero-order valence-electron chi connectivity index (χ0n) is 16.3. The Morgan fingerprint density at radius 3 is 2.48 bits per heavy atom. The van der Waals surface area contributed by atoms with Crippen molar-refractivity contribution >= 4 is 15.9 Å². The highest BCUT2D eigenvalue weighted by molar-refractivity contribution is 7.89. The Morgan fingerprint density at radius 2 is 1.85 bits per heavy atom. The molecule has 6 nitrogen and oxygen atoms in total. The molecule has 2 aromatic carbocycles. The third-order valence-electron chi connectivity index (χ3n) is 4.09. The summed E-state index contributed by atoms with van der Waals surface area (Å²) < 4.78 is 32.7. The summed E-state index contributed by atoms with van der Waals surface area (Å²) in [5.41, 5.74) is 1.95. The Kier molecular flexibility index (Phi) is 6.62. The highest BCUT2D eigenvalue weighted by Crippen LogP contribution is 2.22. The number of ether oxygens (including phenoxy) is 1. The summed E-state index contributed by atoms with van der Waals surface area (Å²) in [4.78, 5) is 14.6. The lowest BCUT2D eigenvalue weighted by Crippen LogP contribution is -2.31. The van der Waals surface area contributed by atoms with Gasteiger partial charge < -0.3 is 9.64 Å². The summed E-state index contributed by atoms with van der Waals surface area (Å²) in [5.74, 6) is 0.450. The van der Waals surface area contributed by atoms with Crippen LogP contribution in [0.15, 0.2) is 47.4 Å². The lowest BCUT2D eigenvalue weighted by Gasteiger charge is -2.20. The van der Waals surface area contributed by atoms with Crippen LogP contribution in [0.5, 0.6) is 5.75 Å². The topological polar surface area (TPSA) is 75.7 Å². The second kappa shape index (κ2) is 8.54. The molecule has 1 N–H and O–H groups in total. The maximum Gasteiger partial charge on any atom is 0.254 e. The van der Waals surface area contributed by atoms with Crippen molar-refractivity contribution in [2.24, 2.45) is 0 Å². The predicted molar refractivity (Wildman–Crippen MR) is 105 cm³/mol. The summed E-state index contributed by atoms with van der Waals surface area (Å²) >= 11 is 0. The van der Waals surface area contributed by atoms with E-state index < -0.39 is 10.0 Å². The molecular weight excluding hydrogens is 364 g/mol. The largest absolute Gasteiger partial charge is 0.496 e. The molecular formula is C20H26N2O4S. The standard InChI is InChI=1S/C20H26N2O4S/c1-14(2)21-27(24,25)17-11-10-15(3)18(12-17)20(23)22(4)13-16-8-6-7-9-19(16)26-5/h6-12,14,21H,13H2,1-5H3. The average molecular weight is 391 g/mol. The minimum atomic E-state index is -3.67. The maximum absolute atomic E-state index is 12.9. The molecule has 1 amide bonds. The van der Waals surface area contributed by atoms with Gasteiger partial charge in [-0.3, -0.25) is 4.79 Å². The molecule has 0 unspecified atom stereocenters. The van der Waals surface area contributed by atoms with E-state index in [2.05, 4.69) is 4.72 Å². The Labute approximate surface area is 161 Å². The number of nitrogens with one attached hydrogen (secondary N) is 1. The third kappa shape index (κ3) is 5.08. The number of methoxy groups -OCH3 is 1. The monoisotopic (exact) mass is 390 g/mol. The van der Waals surface area contributed by atoms with Gasteiger partial charge in [0.25, 0.3) is 5.91 Å². The molecule has 0 saturated heterocycles. The Hall–Kier alpha value is -2.38. The van der Waals surface area contributed by atoms with Gasteiger partial charge in [0, 0.05) is 30.8 Å². The van der Waals surface area contributed by atoms with E-state index in [1.165, 1.54) is 12.1 Å². The first kappa shape index (κ1) is 20.9. The van der Waals surface area contributed by atoms with Crippen molar-refractivity contribution in [3.63, 3.8) is 0 Å². The highest BCUT2D eigenvalue weighted by atomic mass is 32.2. The first-order valence-corrected chi connectivity index (χ1v) is 10.1. The van der Waals surface area contributed by atoms with Gasteiger partial charge in [-0.15, -0.1) is 0 Å². The number of rotatable bonds is 7. The molecule has 0 heterocycles. The van der Waals surface area contributed by atoms with E-state index in [1.54, 1.807) is 45.9 Å². The molecule has 0 radical (unpaired) electrons. The first-order valence-electron chi connectivity index (χ1n) is 8.66. The molecule has 2 aromatic rings. The van der Waals surface area contributed by atoms with Crippen molar-refractivity contribution in [3.05, 3.63) is 59.2 Å². The molecule has 0 aliphatic carbocycles. The van der Waals surface area contributed by atoms with Gasteiger partial charge in [-0.2, -0.15) is 0 Å². The van der Waals surface area contributed by atoms with Crippen LogP contribution in [-0.2, 0) is 16.6 Å². The third-order valence-corrected chi connectivity index (χ3v) is 5.74. The van der Waals surface area contributed by atoms with Gasteiger partial charge in [-0.05, 0) is 44.5 Å². The summed E-state index contributed by atoms with van der Waals surface area (Å²) in [6.07, 6.45) is 0. The van der Waals surface area contributed by atoms with Gasteiger partial charge in [0.05, 0.1) is 12.0 Å². The van der Waals surface area contributed by atoms with Crippen LogP contribution in [0.1, 0.15) is 35.3 Å². The molecule has 0 fully saturated rings. The Bertz CT molecular complexity index is 923. The van der Waals surface area contributed by atoms with E-state index in [1.807, 2.05) is 24.3 Å². The molecule has 7 heteroatoms. The SMILES string of the molecule is COc1ccccc1CN(C)C(=O)c1cc(S(=O)(=O)NC(C)C)ccc1C. The van der Waals surface area contributed by atoms with E-state index in [4.69, 9.17) is 4.74 Å². The minimum Gasteiger partial charge on any atom is -0.496 e. The van der Waals surface area contributed by atoms with Gasteiger partial charge in [0.2, 0.25) is 10.0 Å². The van der Waals surface area contributed by atoms with Crippen LogP contribution < -0.4 is 9.46 Å².